The zero-order chi connectivity index (χ0) is 14.8. The number of hydrogen-bond donors (Lipinski definition) is 2. The molecular weight excluding hydrogens is 296 g/mol. The Labute approximate surface area is 121 Å². The van der Waals surface area contributed by atoms with Gasteiger partial charge in [-0.15, -0.1) is 11.3 Å². The number of nitrogens with two attached hydrogens (primary N) is 1. The number of hydrogen-bond acceptors (Lipinski definition) is 5. The van der Waals surface area contributed by atoms with E-state index in [1.165, 1.54) is 29.5 Å². The van der Waals surface area contributed by atoms with Crippen molar-refractivity contribution in [2.75, 3.05) is 12.0 Å². The van der Waals surface area contributed by atoms with Gasteiger partial charge in [0.05, 0.1) is 11.4 Å². The molecule has 0 saturated carbocycles. The zero-order valence-electron chi connectivity index (χ0n) is 10.8. The van der Waals surface area contributed by atoms with Gasteiger partial charge in [0.25, 0.3) is 5.91 Å². The second-order valence-corrected chi connectivity index (χ2v) is 7.37. The molecule has 0 spiro atoms. The van der Waals surface area contributed by atoms with Gasteiger partial charge in [0.2, 0.25) is 0 Å². The summed E-state index contributed by atoms with van der Waals surface area (Å²) < 4.78 is 23.0. The standard InChI is InChI=1S/C13H14N2O3S2/c1-20(17,18)12-6-9(5-10(14)7-12)13(16)15-8-11-3-2-4-19-11/h2-7H,8,14H2,1H3,(H,15,16). The second kappa shape index (κ2) is 5.64. The van der Waals surface area contributed by atoms with Crippen LogP contribution in [0.3, 0.4) is 0 Å². The van der Waals surface area contributed by atoms with Crippen LogP contribution in [0.2, 0.25) is 0 Å². The number of nitrogen functional groups attached to an aromatic ring is 1. The summed E-state index contributed by atoms with van der Waals surface area (Å²) >= 11 is 1.54. The van der Waals surface area contributed by atoms with Crippen molar-refractivity contribution in [2.45, 2.75) is 11.4 Å². The van der Waals surface area contributed by atoms with Gasteiger partial charge in [-0.1, -0.05) is 6.07 Å². The van der Waals surface area contributed by atoms with E-state index in [0.717, 1.165) is 11.1 Å². The van der Waals surface area contributed by atoms with Crippen LogP contribution in [0.1, 0.15) is 15.2 Å². The average Bonchev–Trinajstić information content (AvgIpc) is 2.87. The zero-order valence-corrected chi connectivity index (χ0v) is 12.4. The number of thiophene rings is 1. The number of nitrogens with one attached hydrogen (secondary N) is 1. The Bertz CT molecular complexity index is 722. The van der Waals surface area contributed by atoms with Crippen LogP contribution in [0.4, 0.5) is 5.69 Å². The third-order valence-corrected chi connectivity index (χ3v) is 4.59. The molecule has 0 aliphatic rings. The Hall–Kier alpha value is -1.86. The van der Waals surface area contributed by atoms with Gasteiger partial charge in [-0.2, -0.15) is 0 Å². The number of rotatable bonds is 4. The van der Waals surface area contributed by atoms with Crippen LogP contribution in [0.15, 0.2) is 40.6 Å². The van der Waals surface area contributed by atoms with Crippen LogP contribution >= 0.6 is 11.3 Å². The normalized spacial score (nSPS) is 11.2. The lowest BCUT2D eigenvalue weighted by atomic mass is 10.2. The predicted molar refractivity (Wildman–Crippen MR) is 79.5 cm³/mol. The van der Waals surface area contributed by atoms with E-state index in [9.17, 15) is 13.2 Å². The number of sulfone groups is 1. The van der Waals surface area contributed by atoms with Gasteiger partial charge in [-0.25, -0.2) is 8.42 Å². The van der Waals surface area contributed by atoms with Gasteiger partial charge < -0.3 is 11.1 Å². The lowest BCUT2D eigenvalue weighted by Crippen LogP contribution is -2.22. The Morgan fingerprint density at radius 1 is 1.35 bits per heavy atom. The van der Waals surface area contributed by atoms with Gasteiger partial charge in [0, 0.05) is 22.4 Å². The van der Waals surface area contributed by atoms with Gasteiger partial charge in [0.1, 0.15) is 0 Å². The number of anilines is 1. The fourth-order valence-electron chi connectivity index (χ4n) is 1.65. The maximum absolute atomic E-state index is 12.0. The molecule has 0 bridgehead atoms. The molecule has 1 aromatic carbocycles. The van der Waals surface area contributed by atoms with Crippen LogP contribution in [-0.2, 0) is 16.4 Å². The van der Waals surface area contributed by atoms with E-state index >= 15 is 0 Å². The first-order chi connectivity index (χ1) is 9.36. The number of benzene rings is 1. The van der Waals surface area contributed by atoms with Crippen molar-refractivity contribution >= 4 is 32.8 Å². The maximum Gasteiger partial charge on any atom is 0.251 e. The molecule has 0 atom stereocenters. The summed E-state index contributed by atoms with van der Waals surface area (Å²) in [6, 6.07) is 7.93. The summed E-state index contributed by atoms with van der Waals surface area (Å²) in [6.07, 6.45) is 1.08. The summed E-state index contributed by atoms with van der Waals surface area (Å²) in [6.45, 7) is 0.402. The van der Waals surface area contributed by atoms with Crippen molar-refractivity contribution in [3.8, 4) is 0 Å². The minimum atomic E-state index is -3.40. The predicted octanol–water partition coefficient (Wildman–Crippen LogP) is 1.66. The molecule has 20 heavy (non-hydrogen) atoms. The number of carbonyl (C=O) groups is 1. The third-order valence-electron chi connectivity index (χ3n) is 2.62. The molecule has 5 nitrogen and oxygen atoms in total. The average molecular weight is 310 g/mol. The molecule has 0 aliphatic carbocycles. The summed E-state index contributed by atoms with van der Waals surface area (Å²) in [5.74, 6) is -0.351. The first kappa shape index (κ1) is 14.5. The highest BCUT2D eigenvalue weighted by Crippen LogP contribution is 2.17. The third kappa shape index (κ3) is 3.58. The van der Waals surface area contributed by atoms with Crippen LogP contribution < -0.4 is 11.1 Å². The lowest BCUT2D eigenvalue weighted by molar-refractivity contribution is 0.0951. The lowest BCUT2D eigenvalue weighted by Gasteiger charge is -2.07. The number of carbonyl (C=O) groups excluding carboxylic acids is 1. The summed E-state index contributed by atoms with van der Waals surface area (Å²) in [5.41, 5.74) is 6.12. The Morgan fingerprint density at radius 3 is 2.70 bits per heavy atom. The van der Waals surface area contributed by atoms with Crippen molar-refractivity contribution in [2.24, 2.45) is 0 Å². The van der Waals surface area contributed by atoms with Crippen molar-refractivity contribution in [3.63, 3.8) is 0 Å². The van der Waals surface area contributed by atoms with E-state index in [-0.39, 0.29) is 22.1 Å². The first-order valence-electron chi connectivity index (χ1n) is 5.77. The highest BCUT2D eigenvalue weighted by molar-refractivity contribution is 7.90. The highest BCUT2D eigenvalue weighted by Gasteiger charge is 2.13. The molecule has 0 unspecified atom stereocenters. The molecule has 106 valence electrons. The summed E-state index contributed by atoms with van der Waals surface area (Å²) in [7, 11) is -3.40. The van der Waals surface area contributed by atoms with Crippen LogP contribution in [0.25, 0.3) is 0 Å². The molecule has 1 aromatic heterocycles. The summed E-state index contributed by atoms with van der Waals surface area (Å²) in [4.78, 5) is 13.1. The Balaban J connectivity index is 2.19. The van der Waals surface area contributed by atoms with Crippen LogP contribution in [-0.4, -0.2) is 20.6 Å². The Kier molecular flexibility index (Phi) is 4.10. The van der Waals surface area contributed by atoms with Crippen molar-refractivity contribution in [1.82, 2.24) is 5.32 Å². The molecule has 0 aliphatic heterocycles. The van der Waals surface area contributed by atoms with Crippen LogP contribution in [0, 0.1) is 0 Å². The van der Waals surface area contributed by atoms with Crippen molar-refractivity contribution in [3.05, 3.63) is 46.2 Å². The van der Waals surface area contributed by atoms with Crippen LogP contribution in [0.5, 0.6) is 0 Å². The van der Waals surface area contributed by atoms with E-state index in [1.807, 2.05) is 17.5 Å². The quantitative estimate of drug-likeness (QED) is 0.841. The topological polar surface area (TPSA) is 89.3 Å². The molecule has 0 fully saturated rings. The Morgan fingerprint density at radius 2 is 2.10 bits per heavy atom. The molecule has 0 saturated heterocycles. The molecule has 3 N–H and O–H groups in total. The first-order valence-corrected chi connectivity index (χ1v) is 8.54. The van der Waals surface area contributed by atoms with Gasteiger partial charge in [-0.05, 0) is 29.6 Å². The number of amides is 1. The molecule has 0 radical (unpaired) electrons. The maximum atomic E-state index is 12.0. The van der Waals surface area contributed by atoms with E-state index in [4.69, 9.17) is 5.73 Å². The van der Waals surface area contributed by atoms with Crippen molar-refractivity contribution < 1.29 is 13.2 Å². The van der Waals surface area contributed by atoms with E-state index in [1.54, 1.807) is 0 Å². The molecule has 2 aromatic rings. The highest BCUT2D eigenvalue weighted by atomic mass is 32.2. The monoisotopic (exact) mass is 310 g/mol. The minimum Gasteiger partial charge on any atom is -0.399 e. The molecule has 1 amide bonds. The molecular formula is C13H14N2O3S2. The van der Waals surface area contributed by atoms with E-state index in [0.29, 0.717) is 6.54 Å². The SMILES string of the molecule is CS(=O)(=O)c1cc(N)cc(C(=O)NCc2cccs2)c1. The fourth-order valence-corrected chi connectivity index (χ4v) is 2.99. The molecule has 7 heteroatoms. The molecule has 2 rings (SSSR count). The van der Waals surface area contributed by atoms with Gasteiger partial charge in [-0.3, -0.25) is 4.79 Å². The minimum absolute atomic E-state index is 0.0405. The largest absolute Gasteiger partial charge is 0.399 e. The molecule has 1 heterocycles. The van der Waals surface area contributed by atoms with Gasteiger partial charge >= 0.3 is 0 Å². The summed E-state index contributed by atoms with van der Waals surface area (Å²) in [5, 5.41) is 4.65. The van der Waals surface area contributed by atoms with Gasteiger partial charge in [0.15, 0.2) is 9.84 Å². The second-order valence-electron chi connectivity index (χ2n) is 4.32. The fraction of sp³-hybridized carbons (Fsp3) is 0.154. The van der Waals surface area contributed by atoms with Crippen molar-refractivity contribution in [1.29, 1.82) is 0 Å². The van der Waals surface area contributed by atoms with E-state index in [2.05, 4.69) is 5.32 Å². The smallest absolute Gasteiger partial charge is 0.251 e. The van der Waals surface area contributed by atoms with E-state index < -0.39 is 9.84 Å².